The molecule has 1 aliphatic heterocycles. The molecule has 2 fully saturated rings. The Morgan fingerprint density at radius 3 is 2.77 bits per heavy atom. The van der Waals surface area contributed by atoms with Crippen molar-refractivity contribution in [3.05, 3.63) is 51.6 Å². The molecule has 2 aromatic rings. The van der Waals surface area contributed by atoms with Gasteiger partial charge in [-0.15, -0.1) is 0 Å². The lowest BCUT2D eigenvalue weighted by atomic mass is 9.93. The second kappa shape index (κ2) is 8.91. The molecule has 4 rings (SSSR count). The quantitative estimate of drug-likeness (QED) is 0.618. The highest BCUT2D eigenvalue weighted by Crippen LogP contribution is 2.28. The van der Waals surface area contributed by atoms with Crippen molar-refractivity contribution in [1.29, 1.82) is 5.41 Å². The number of amides is 1. The average Bonchev–Trinajstić information content (AvgIpc) is 2.75. The van der Waals surface area contributed by atoms with Crippen LogP contribution in [0.5, 0.6) is 5.75 Å². The molecule has 1 saturated carbocycles. The van der Waals surface area contributed by atoms with Gasteiger partial charge in [0.1, 0.15) is 23.0 Å². The standard InChI is InChI=1S/C23H29N5O3/c1-14(24)19-21(25-17-8-4-9-17)26-20(27-22(19)29)16-7-5-11-28(13-16)23(30)15-6-3-10-18(12-15)31-2/h3,6,10,12,16-17,24H,4-5,7-9,11,13H2,1-2H3,(H2,25,26,27,29). The summed E-state index contributed by atoms with van der Waals surface area (Å²) in [5.74, 6) is 1.62. The highest BCUT2D eigenvalue weighted by atomic mass is 16.5. The largest absolute Gasteiger partial charge is 0.497 e. The fraction of sp³-hybridized carbons (Fsp3) is 0.478. The van der Waals surface area contributed by atoms with Crippen molar-refractivity contribution in [3.63, 3.8) is 0 Å². The van der Waals surface area contributed by atoms with E-state index in [0.29, 0.717) is 47.7 Å². The van der Waals surface area contributed by atoms with Gasteiger partial charge in [-0.05, 0) is 57.2 Å². The minimum Gasteiger partial charge on any atom is -0.497 e. The van der Waals surface area contributed by atoms with E-state index in [9.17, 15) is 9.59 Å². The van der Waals surface area contributed by atoms with E-state index in [2.05, 4.69) is 10.3 Å². The van der Waals surface area contributed by atoms with Crippen LogP contribution in [0.15, 0.2) is 29.1 Å². The predicted octanol–water partition coefficient (Wildman–Crippen LogP) is 3.15. The van der Waals surface area contributed by atoms with Crippen molar-refractivity contribution in [2.45, 2.75) is 51.0 Å². The van der Waals surface area contributed by atoms with Gasteiger partial charge >= 0.3 is 0 Å². The molecule has 164 valence electrons. The highest BCUT2D eigenvalue weighted by Gasteiger charge is 2.29. The first-order valence-electron chi connectivity index (χ1n) is 10.9. The Kier molecular flexibility index (Phi) is 6.06. The number of ether oxygens (including phenoxy) is 1. The normalized spacial score (nSPS) is 18.9. The second-order valence-electron chi connectivity index (χ2n) is 8.39. The lowest BCUT2D eigenvalue weighted by Gasteiger charge is -2.33. The molecule has 1 unspecified atom stereocenters. The summed E-state index contributed by atoms with van der Waals surface area (Å²) in [7, 11) is 1.58. The summed E-state index contributed by atoms with van der Waals surface area (Å²) >= 11 is 0. The smallest absolute Gasteiger partial charge is 0.262 e. The van der Waals surface area contributed by atoms with Crippen LogP contribution in [0.4, 0.5) is 5.82 Å². The Labute approximate surface area is 181 Å². The van der Waals surface area contributed by atoms with Gasteiger partial charge in [-0.3, -0.25) is 9.59 Å². The number of likely N-dealkylation sites (tertiary alicyclic amines) is 1. The number of anilines is 1. The predicted molar refractivity (Wildman–Crippen MR) is 119 cm³/mol. The number of aromatic amines is 1. The van der Waals surface area contributed by atoms with Crippen LogP contribution in [0.2, 0.25) is 0 Å². The molecule has 8 heteroatoms. The number of aromatic nitrogens is 2. The topological polar surface area (TPSA) is 111 Å². The summed E-state index contributed by atoms with van der Waals surface area (Å²) in [4.78, 5) is 35.3. The molecule has 2 heterocycles. The van der Waals surface area contributed by atoms with Gasteiger partial charge in [0, 0.05) is 36.3 Å². The number of piperidine rings is 1. The number of hydrogen-bond acceptors (Lipinski definition) is 6. The van der Waals surface area contributed by atoms with Gasteiger partial charge < -0.3 is 25.3 Å². The Balaban J connectivity index is 1.58. The molecular formula is C23H29N5O3. The molecule has 31 heavy (non-hydrogen) atoms. The van der Waals surface area contributed by atoms with Gasteiger partial charge in [-0.25, -0.2) is 4.98 Å². The lowest BCUT2D eigenvalue weighted by molar-refractivity contribution is 0.0704. The first kappa shape index (κ1) is 21.1. The highest BCUT2D eigenvalue weighted by molar-refractivity contribution is 6.00. The Hall–Kier alpha value is -3.16. The first-order valence-corrected chi connectivity index (χ1v) is 10.9. The van der Waals surface area contributed by atoms with Crippen molar-refractivity contribution < 1.29 is 9.53 Å². The fourth-order valence-electron chi connectivity index (χ4n) is 4.21. The van der Waals surface area contributed by atoms with E-state index >= 15 is 0 Å². The molecule has 1 aromatic heterocycles. The van der Waals surface area contributed by atoms with Crippen LogP contribution in [0, 0.1) is 5.41 Å². The van der Waals surface area contributed by atoms with Gasteiger partial charge in [-0.1, -0.05) is 6.07 Å². The number of methoxy groups -OCH3 is 1. The van der Waals surface area contributed by atoms with Crippen LogP contribution in [0.25, 0.3) is 0 Å². The summed E-state index contributed by atoms with van der Waals surface area (Å²) in [6, 6.07) is 7.46. The van der Waals surface area contributed by atoms with Gasteiger partial charge in [0.2, 0.25) is 0 Å². The zero-order valence-corrected chi connectivity index (χ0v) is 18.0. The summed E-state index contributed by atoms with van der Waals surface area (Å²) < 4.78 is 5.24. The van der Waals surface area contributed by atoms with Crippen molar-refractivity contribution in [2.24, 2.45) is 0 Å². The molecule has 2 aliphatic rings. The number of nitrogens with one attached hydrogen (secondary N) is 3. The van der Waals surface area contributed by atoms with E-state index in [1.54, 1.807) is 26.2 Å². The molecule has 1 atom stereocenters. The third kappa shape index (κ3) is 4.47. The number of carbonyl (C=O) groups is 1. The number of hydrogen-bond donors (Lipinski definition) is 3. The molecule has 1 aromatic carbocycles. The summed E-state index contributed by atoms with van der Waals surface area (Å²) in [6.45, 7) is 2.76. The minimum absolute atomic E-state index is 0.0503. The zero-order chi connectivity index (χ0) is 22.0. The third-order valence-electron chi connectivity index (χ3n) is 6.17. The van der Waals surface area contributed by atoms with Crippen LogP contribution < -0.4 is 15.6 Å². The van der Waals surface area contributed by atoms with Crippen molar-refractivity contribution in [1.82, 2.24) is 14.9 Å². The molecule has 3 N–H and O–H groups in total. The molecule has 1 amide bonds. The fourth-order valence-corrected chi connectivity index (χ4v) is 4.21. The van der Waals surface area contributed by atoms with E-state index in [0.717, 1.165) is 32.1 Å². The zero-order valence-electron chi connectivity index (χ0n) is 18.0. The summed E-state index contributed by atoms with van der Waals surface area (Å²) in [6.07, 6.45) is 4.94. The SMILES string of the molecule is COc1cccc(C(=O)N2CCCC(c3nc(NC4CCC4)c(C(C)=N)c(=O)[nH]3)C2)c1. The van der Waals surface area contributed by atoms with Crippen LogP contribution in [-0.2, 0) is 0 Å². The average molecular weight is 424 g/mol. The van der Waals surface area contributed by atoms with Crippen molar-refractivity contribution in [3.8, 4) is 5.75 Å². The number of H-pyrrole nitrogens is 1. The number of carbonyl (C=O) groups excluding carboxylic acids is 1. The number of nitrogens with zero attached hydrogens (tertiary/aromatic N) is 2. The molecule has 0 radical (unpaired) electrons. The van der Waals surface area contributed by atoms with Gasteiger partial charge in [-0.2, -0.15) is 0 Å². The Morgan fingerprint density at radius 1 is 1.29 bits per heavy atom. The Bertz CT molecular complexity index is 1040. The van der Waals surface area contributed by atoms with Gasteiger partial charge in [0.25, 0.3) is 11.5 Å². The van der Waals surface area contributed by atoms with Gasteiger partial charge in [0.15, 0.2) is 0 Å². The number of rotatable bonds is 6. The van der Waals surface area contributed by atoms with Crippen LogP contribution in [-0.4, -0.2) is 52.7 Å². The molecule has 0 spiro atoms. The molecule has 0 bridgehead atoms. The maximum absolute atomic E-state index is 13.1. The lowest BCUT2D eigenvalue weighted by Crippen LogP contribution is -2.40. The van der Waals surface area contributed by atoms with Gasteiger partial charge in [0.05, 0.1) is 7.11 Å². The van der Waals surface area contributed by atoms with E-state index in [-0.39, 0.29) is 23.1 Å². The summed E-state index contributed by atoms with van der Waals surface area (Å²) in [5.41, 5.74) is 0.788. The third-order valence-corrected chi connectivity index (χ3v) is 6.17. The second-order valence-corrected chi connectivity index (χ2v) is 8.39. The molecule has 1 saturated heterocycles. The molecular weight excluding hydrogens is 394 g/mol. The molecule has 8 nitrogen and oxygen atoms in total. The Morgan fingerprint density at radius 2 is 2.10 bits per heavy atom. The first-order chi connectivity index (χ1) is 15.0. The maximum atomic E-state index is 13.1. The van der Waals surface area contributed by atoms with Crippen LogP contribution >= 0.6 is 0 Å². The van der Waals surface area contributed by atoms with E-state index < -0.39 is 0 Å². The number of benzene rings is 1. The maximum Gasteiger partial charge on any atom is 0.262 e. The van der Waals surface area contributed by atoms with Crippen molar-refractivity contribution in [2.75, 3.05) is 25.5 Å². The molecule has 1 aliphatic carbocycles. The van der Waals surface area contributed by atoms with Crippen molar-refractivity contribution >= 4 is 17.4 Å². The van der Waals surface area contributed by atoms with Crippen LogP contribution in [0.3, 0.4) is 0 Å². The minimum atomic E-state index is -0.296. The van der Waals surface area contributed by atoms with Crippen LogP contribution in [0.1, 0.15) is 66.7 Å². The monoisotopic (exact) mass is 423 g/mol. The van der Waals surface area contributed by atoms with E-state index in [1.807, 2.05) is 17.0 Å². The summed E-state index contributed by atoms with van der Waals surface area (Å²) in [5, 5.41) is 11.4. The van der Waals surface area contributed by atoms with E-state index in [1.165, 1.54) is 0 Å². The van der Waals surface area contributed by atoms with E-state index in [4.69, 9.17) is 15.1 Å².